The monoisotopic (exact) mass is 697 g/mol. The number of nitrogens with two attached hydrogens (primary N) is 1. The van der Waals surface area contributed by atoms with Gasteiger partial charge in [-0.15, -0.1) is 11.3 Å². The van der Waals surface area contributed by atoms with Gasteiger partial charge in [0.05, 0.1) is 32.8 Å². The molecule has 48 heavy (non-hydrogen) atoms. The van der Waals surface area contributed by atoms with Crippen molar-refractivity contribution in [3.05, 3.63) is 34.4 Å². The summed E-state index contributed by atoms with van der Waals surface area (Å²) < 4.78 is 59.2. The molecule has 1 aliphatic carbocycles. The minimum atomic E-state index is -0.958. The molecule has 15 heteroatoms. The number of ether oxygens (including phenoxy) is 2. The topological polar surface area (TPSA) is 130 Å². The predicted molar refractivity (Wildman–Crippen MR) is 176 cm³/mol. The molecule has 2 atom stereocenters. The van der Waals surface area contributed by atoms with Crippen molar-refractivity contribution in [2.75, 3.05) is 43.5 Å². The third-order valence-corrected chi connectivity index (χ3v) is 11.6. The first-order valence-corrected chi connectivity index (χ1v) is 17.1. The third-order valence-electron chi connectivity index (χ3n) is 10.2. The average molecular weight is 698 g/mol. The van der Waals surface area contributed by atoms with Crippen molar-refractivity contribution in [2.24, 2.45) is 0 Å². The number of nitrogens with one attached hydrogen (secondary N) is 1. The predicted octanol–water partition coefficient (Wildman–Crippen LogP) is 5.72. The molecule has 8 rings (SSSR count). The lowest BCUT2D eigenvalue weighted by Crippen LogP contribution is -2.54. The quantitative estimate of drug-likeness (QED) is 0.260. The van der Waals surface area contributed by atoms with Crippen molar-refractivity contribution < 1.29 is 27.4 Å². The molecule has 0 spiro atoms. The number of halogens is 4. The van der Waals surface area contributed by atoms with E-state index in [9.17, 15) is 18.8 Å². The smallest absolute Gasteiger partial charge is 0.319 e. The number of nitriles is 1. The van der Waals surface area contributed by atoms with E-state index < -0.39 is 23.3 Å². The highest BCUT2D eigenvalue weighted by molar-refractivity contribution is 7.23. The van der Waals surface area contributed by atoms with Crippen LogP contribution in [0.25, 0.3) is 32.1 Å². The number of amides is 1. The van der Waals surface area contributed by atoms with E-state index in [4.69, 9.17) is 31.8 Å². The van der Waals surface area contributed by atoms with E-state index in [1.165, 1.54) is 19.1 Å². The minimum absolute atomic E-state index is 0.0105. The molecule has 0 radical (unpaired) electrons. The standard InChI is InChI=1S/C33H31ClF3N7O3S/c1-15(45)40-17-9-18(10-17)44-7-8-46-28-24-27(41-32(42-31(24)44)47-14-33-5-2-6-43(33)13-16(35)11-33)26(37)23(25(28)34)19-3-4-21(36)29-22(19)20(12-38)30(39)48-29/h3-4,16-18H,2,5-11,13-14,39H2,1H3,(H,40,45)/t16-,17?,18?,33+/m1/s1. The van der Waals surface area contributed by atoms with Crippen LogP contribution >= 0.6 is 22.9 Å². The van der Waals surface area contributed by atoms with Crippen LogP contribution in [0.3, 0.4) is 0 Å². The number of benzene rings is 2. The van der Waals surface area contributed by atoms with Crippen LogP contribution in [-0.2, 0) is 4.79 Å². The lowest BCUT2D eigenvalue weighted by atomic mass is 9.85. The van der Waals surface area contributed by atoms with E-state index in [1.807, 2.05) is 11.0 Å². The van der Waals surface area contributed by atoms with E-state index >= 15 is 4.39 Å². The molecular formula is C33H31ClF3N7O3S. The third kappa shape index (κ3) is 4.81. The molecule has 3 fully saturated rings. The Morgan fingerprint density at radius 3 is 2.88 bits per heavy atom. The highest BCUT2D eigenvalue weighted by Gasteiger charge is 2.49. The first-order chi connectivity index (χ1) is 23.1. The summed E-state index contributed by atoms with van der Waals surface area (Å²) >= 11 is 7.90. The van der Waals surface area contributed by atoms with Gasteiger partial charge in [-0.05, 0) is 43.9 Å². The zero-order valence-electron chi connectivity index (χ0n) is 25.9. The van der Waals surface area contributed by atoms with Crippen LogP contribution in [0.15, 0.2) is 12.1 Å². The van der Waals surface area contributed by atoms with E-state index in [1.54, 1.807) is 0 Å². The van der Waals surface area contributed by atoms with Crippen LogP contribution in [0.2, 0.25) is 5.02 Å². The lowest BCUT2D eigenvalue weighted by molar-refractivity contribution is -0.120. The maximum atomic E-state index is 17.1. The molecule has 1 amide bonds. The van der Waals surface area contributed by atoms with Crippen LogP contribution in [0.5, 0.6) is 11.8 Å². The van der Waals surface area contributed by atoms with E-state index in [2.05, 4.69) is 15.2 Å². The fourth-order valence-corrected chi connectivity index (χ4v) is 9.27. The number of carbonyl (C=O) groups excluding carboxylic acids is 1. The number of carbonyl (C=O) groups is 1. The van der Waals surface area contributed by atoms with Gasteiger partial charge < -0.3 is 25.4 Å². The zero-order valence-corrected chi connectivity index (χ0v) is 27.5. The van der Waals surface area contributed by atoms with Gasteiger partial charge in [-0.1, -0.05) is 17.7 Å². The summed E-state index contributed by atoms with van der Waals surface area (Å²) in [6.45, 7) is 3.29. The molecule has 4 aromatic rings. The van der Waals surface area contributed by atoms with Gasteiger partial charge >= 0.3 is 6.01 Å². The van der Waals surface area contributed by atoms with Crippen LogP contribution in [0.4, 0.5) is 24.0 Å². The van der Waals surface area contributed by atoms with Gasteiger partial charge in [0.25, 0.3) is 0 Å². The molecule has 3 aliphatic heterocycles. The first kappa shape index (κ1) is 31.2. The number of alkyl halides is 1. The summed E-state index contributed by atoms with van der Waals surface area (Å²) in [7, 11) is 0. The van der Waals surface area contributed by atoms with E-state index in [0.717, 1.165) is 30.7 Å². The number of fused-ring (bicyclic) bond motifs is 2. The van der Waals surface area contributed by atoms with Crippen LogP contribution in [0.1, 0.15) is 44.6 Å². The average Bonchev–Trinajstić information content (AvgIpc) is 3.63. The molecule has 0 unspecified atom stereocenters. The molecule has 2 saturated heterocycles. The SMILES string of the molecule is CC(=O)NC1CC(N2CCOc3c(Cl)c(-c4ccc(F)c5sc(N)c(C#N)c45)c(F)c4nc(OC[C@@]56CCCN5C[C@H](F)C6)nc2c34)C1. The molecule has 10 nitrogen and oxygen atoms in total. The number of nitrogen functional groups attached to an aromatic ring is 1. The van der Waals surface area contributed by atoms with E-state index in [0.29, 0.717) is 38.2 Å². The molecule has 2 aromatic carbocycles. The van der Waals surface area contributed by atoms with Crippen molar-refractivity contribution in [1.29, 1.82) is 5.26 Å². The second-order valence-electron chi connectivity index (χ2n) is 13.1. The van der Waals surface area contributed by atoms with Gasteiger partial charge in [-0.2, -0.15) is 15.2 Å². The van der Waals surface area contributed by atoms with Crippen LogP contribution in [-0.4, -0.2) is 77.4 Å². The highest BCUT2D eigenvalue weighted by atomic mass is 35.5. The fraction of sp³-hybridized carbons (Fsp3) is 0.455. The number of hydrogen-bond acceptors (Lipinski definition) is 10. The molecule has 250 valence electrons. The number of thiophene rings is 1. The van der Waals surface area contributed by atoms with Crippen molar-refractivity contribution in [3.8, 4) is 29.0 Å². The summed E-state index contributed by atoms with van der Waals surface area (Å²) in [5.41, 5.74) is 5.54. The number of nitrogens with zero attached hydrogens (tertiary/aromatic N) is 5. The van der Waals surface area contributed by atoms with Gasteiger partial charge in [0.15, 0.2) is 11.6 Å². The summed E-state index contributed by atoms with van der Waals surface area (Å²) in [4.78, 5) is 25.2. The van der Waals surface area contributed by atoms with Gasteiger partial charge in [0.2, 0.25) is 5.91 Å². The summed E-state index contributed by atoms with van der Waals surface area (Å²) in [5.74, 6) is -1.02. The largest absolute Gasteiger partial charge is 0.489 e. The van der Waals surface area contributed by atoms with Gasteiger partial charge in [-0.25, -0.2) is 13.2 Å². The Labute approximate surface area is 282 Å². The minimum Gasteiger partial charge on any atom is -0.489 e. The lowest BCUT2D eigenvalue weighted by Gasteiger charge is -2.43. The second-order valence-corrected chi connectivity index (χ2v) is 14.5. The van der Waals surface area contributed by atoms with Crippen molar-refractivity contribution >= 4 is 60.7 Å². The van der Waals surface area contributed by atoms with Crippen LogP contribution in [0, 0.1) is 23.0 Å². The molecule has 3 N–H and O–H groups in total. The van der Waals surface area contributed by atoms with Crippen LogP contribution < -0.4 is 25.4 Å². The molecular weight excluding hydrogens is 667 g/mol. The van der Waals surface area contributed by atoms with Gasteiger partial charge in [0, 0.05) is 42.9 Å². The molecule has 2 aromatic heterocycles. The molecule has 0 bridgehead atoms. The summed E-state index contributed by atoms with van der Waals surface area (Å²) in [6.07, 6.45) is 2.36. The Morgan fingerprint density at radius 2 is 2.10 bits per heavy atom. The maximum absolute atomic E-state index is 17.1. The van der Waals surface area contributed by atoms with E-state index in [-0.39, 0.29) is 90.7 Å². The Balaban J connectivity index is 1.30. The second kappa shape index (κ2) is 11.5. The summed E-state index contributed by atoms with van der Waals surface area (Å²) in [5, 5.41) is 13.3. The Hall–Kier alpha value is -4.06. The highest BCUT2D eigenvalue weighted by Crippen LogP contribution is 2.51. The Kier molecular flexibility index (Phi) is 7.50. The molecule has 1 saturated carbocycles. The van der Waals surface area contributed by atoms with Crippen molar-refractivity contribution in [3.63, 3.8) is 0 Å². The zero-order chi connectivity index (χ0) is 33.5. The molecule has 5 heterocycles. The number of hydrogen-bond donors (Lipinski definition) is 2. The molecule has 4 aliphatic rings. The normalized spacial score (nSPS) is 25.0. The Bertz CT molecular complexity index is 2050. The van der Waals surface area contributed by atoms with Crippen molar-refractivity contribution in [2.45, 2.75) is 62.8 Å². The van der Waals surface area contributed by atoms with Crippen molar-refractivity contribution in [1.82, 2.24) is 20.2 Å². The number of rotatable bonds is 6. The Morgan fingerprint density at radius 1 is 1.29 bits per heavy atom. The fourth-order valence-electron chi connectivity index (χ4n) is 7.99. The number of anilines is 2. The van der Waals surface area contributed by atoms with Gasteiger partial charge in [0.1, 0.15) is 47.6 Å². The summed E-state index contributed by atoms with van der Waals surface area (Å²) in [6, 6.07) is 4.44. The first-order valence-electron chi connectivity index (χ1n) is 15.9. The maximum Gasteiger partial charge on any atom is 0.319 e. The van der Waals surface area contributed by atoms with Gasteiger partial charge in [-0.3, -0.25) is 9.69 Å². The number of aromatic nitrogens is 2.